The predicted molar refractivity (Wildman–Crippen MR) is 77.6 cm³/mol. The molecule has 0 aromatic heterocycles. The molecular formula is C13H10Cl2N2O2. The van der Waals surface area contributed by atoms with E-state index in [4.69, 9.17) is 34.0 Å². The van der Waals surface area contributed by atoms with Crippen LogP contribution in [0.2, 0.25) is 10.0 Å². The van der Waals surface area contributed by atoms with Crippen LogP contribution in [0.25, 0.3) is 0 Å². The van der Waals surface area contributed by atoms with Crippen LogP contribution in [0.5, 0.6) is 0 Å². The second-order valence-corrected chi connectivity index (χ2v) is 4.61. The molecular weight excluding hydrogens is 287 g/mol. The first-order valence-corrected chi connectivity index (χ1v) is 6.09. The lowest BCUT2D eigenvalue weighted by atomic mass is 10.1. The number of benzene rings is 2. The zero-order valence-electron chi connectivity index (χ0n) is 9.65. The van der Waals surface area contributed by atoms with E-state index in [0.717, 1.165) is 0 Å². The zero-order chi connectivity index (χ0) is 14.0. The number of nitrogens with one attached hydrogen (secondary N) is 1. The van der Waals surface area contributed by atoms with E-state index in [2.05, 4.69) is 5.32 Å². The number of para-hydroxylation sites is 2. The lowest BCUT2D eigenvalue weighted by Crippen LogP contribution is -2.06. The summed E-state index contributed by atoms with van der Waals surface area (Å²) in [4.78, 5) is 11.2. The van der Waals surface area contributed by atoms with Gasteiger partial charge in [-0.25, -0.2) is 4.79 Å². The Balaban J connectivity index is 2.52. The van der Waals surface area contributed by atoms with Gasteiger partial charge in [-0.3, -0.25) is 0 Å². The normalized spacial score (nSPS) is 10.2. The van der Waals surface area contributed by atoms with Crippen molar-refractivity contribution < 1.29 is 9.90 Å². The molecule has 0 aliphatic rings. The molecule has 0 aliphatic carbocycles. The van der Waals surface area contributed by atoms with Crippen LogP contribution < -0.4 is 11.1 Å². The third-order valence-electron chi connectivity index (χ3n) is 2.54. The van der Waals surface area contributed by atoms with Crippen molar-refractivity contribution in [2.24, 2.45) is 0 Å². The van der Waals surface area contributed by atoms with Crippen LogP contribution in [-0.4, -0.2) is 11.1 Å². The van der Waals surface area contributed by atoms with Crippen molar-refractivity contribution in [3.8, 4) is 0 Å². The number of halogens is 2. The Hall–Kier alpha value is -1.91. The molecule has 0 bridgehead atoms. The van der Waals surface area contributed by atoms with Crippen molar-refractivity contribution >= 4 is 46.2 Å². The summed E-state index contributed by atoms with van der Waals surface area (Å²) >= 11 is 12.1. The lowest BCUT2D eigenvalue weighted by molar-refractivity contribution is 0.0698. The zero-order valence-corrected chi connectivity index (χ0v) is 11.2. The molecule has 0 atom stereocenters. The number of hydrogen-bond acceptors (Lipinski definition) is 3. The molecule has 6 heteroatoms. The number of hydrogen-bond donors (Lipinski definition) is 3. The van der Waals surface area contributed by atoms with Crippen molar-refractivity contribution in [2.45, 2.75) is 0 Å². The molecule has 0 saturated carbocycles. The van der Waals surface area contributed by atoms with Crippen LogP contribution in [0.1, 0.15) is 10.4 Å². The maximum absolute atomic E-state index is 11.2. The quantitative estimate of drug-likeness (QED) is 0.748. The molecule has 0 unspecified atom stereocenters. The second-order valence-electron chi connectivity index (χ2n) is 3.80. The van der Waals surface area contributed by atoms with Crippen molar-refractivity contribution in [2.75, 3.05) is 11.1 Å². The van der Waals surface area contributed by atoms with E-state index in [1.54, 1.807) is 30.3 Å². The van der Waals surface area contributed by atoms with Crippen molar-refractivity contribution in [3.63, 3.8) is 0 Å². The van der Waals surface area contributed by atoms with Gasteiger partial charge in [-0.2, -0.15) is 0 Å². The molecule has 0 heterocycles. The summed E-state index contributed by atoms with van der Waals surface area (Å²) in [6, 6.07) is 9.61. The maximum atomic E-state index is 11.2. The summed E-state index contributed by atoms with van der Waals surface area (Å²) in [6.45, 7) is 0. The van der Waals surface area contributed by atoms with E-state index < -0.39 is 5.97 Å². The molecule has 2 aromatic carbocycles. The Bertz CT molecular complexity index is 624. The molecule has 0 aliphatic heterocycles. The molecule has 4 N–H and O–H groups in total. The fraction of sp³-hybridized carbons (Fsp3) is 0. The lowest BCUT2D eigenvalue weighted by Gasteiger charge is -2.14. The third kappa shape index (κ3) is 2.75. The molecule has 19 heavy (non-hydrogen) atoms. The Kier molecular flexibility index (Phi) is 3.83. The smallest absolute Gasteiger partial charge is 0.337 e. The van der Waals surface area contributed by atoms with Crippen LogP contribution >= 0.6 is 23.2 Å². The van der Waals surface area contributed by atoms with Gasteiger partial charge in [-0.15, -0.1) is 0 Å². The fourth-order valence-corrected chi connectivity index (χ4v) is 2.12. The van der Waals surface area contributed by atoms with Crippen molar-refractivity contribution in [1.29, 1.82) is 0 Å². The van der Waals surface area contributed by atoms with Crippen LogP contribution in [-0.2, 0) is 0 Å². The Morgan fingerprint density at radius 3 is 2.21 bits per heavy atom. The number of carboxylic acid groups (broad SMARTS) is 1. The van der Waals surface area contributed by atoms with Gasteiger partial charge in [-0.05, 0) is 24.3 Å². The summed E-state index contributed by atoms with van der Waals surface area (Å²) < 4.78 is 0. The van der Waals surface area contributed by atoms with Gasteiger partial charge < -0.3 is 16.2 Å². The summed E-state index contributed by atoms with van der Waals surface area (Å²) in [7, 11) is 0. The van der Waals surface area contributed by atoms with E-state index in [0.29, 0.717) is 21.4 Å². The highest BCUT2D eigenvalue weighted by Crippen LogP contribution is 2.35. The molecule has 0 fully saturated rings. The first kappa shape index (κ1) is 13.5. The van der Waals surface area contributed by atoms with Crippen LogP contribution in [0.15, 0.2) is 36.4 Å². The van der Waals surface area contributed by atoms with E-state index in [-0.39, 0.29) is 11.3 Å². The van der Waals surface area contributed by atoms with E-state index in [9.17, 15) is 4.79 Å². The molecule has 4 nitrogen and oxygen atoms in total. The summed E-state index contributed by atoms with van der Waals surface area (Å²) in [5, 5.41) is 12.8. The van der Waals surface area contributed by atoms with Crippen LogP contribution in [0, 0.1) is 0 Å². The Labute approximate surface area is 119 Å². The molecule has 0 spiro atoms. The number of nitrogens with two attached hydrogens (primary N) is 1. The van der Waals surface area contributed by atoms with Gasteiger partial charge in [0.1, 0.15) is 0 Å². The number of anilines is 3. The summed E-state index contributed by atoms with van der Waals surface area (Å²) in [5.41, 5.74) is 6.84. The largest absolute Gasteiger partial charge is 0.478 e. The number of carboxylic acids is 1. The van der Waals surface area contributed by atoms with E-state index >= 15 is 0 Å². The number of rotatable bonds is 3. The average Bonchev–Trinajstić information content (AvgIpc) is 2.35. The summed E-state index contributed by atoms with van der Waals surface area (Å²) in [5.74, 6) is -1.09. The summed E-state index contributed by atoms with van der Waals surface area (Å²) in [6.07, 6.45) is 0. The molecule has 2 aromatic rings. The SMILES string of the molecule is Nc1cccc(C(=O)O)c1Nc1c(Cl)cccc1Cl. The average molecular weight is 297 g/mol. The van der Waals surface area contributed by atoms with Gasteiger partial charge in [-0.1, -0.05) is 35.3 Å². The highest BCUT2D eigenvalue weighted by molar-refractivity contribution is 6.39. The molecule has 0 amide bonds. The van der Waals surface area contributed by atoms with Gasteiger partial charge >= 0.3 is 5.97 Å². The molecule has 98 valence electrons. The number of carbonyl (C=O) groups is 1. The first-order valence-electron chi connectivity index (χ1n) is 5.33. The first-order chi connectivity index (χ1) is 9.00. The van der Waals surface area contributed by atoms with Gasteiger partial charge in [0.15, 0.2) is 0 Å². The molecule has 2 rings (SSSR count). The minimum Gasteiger partial charge on any atom is -0.478 e. The molecule has 0 radical (unpaired) electrons. The van der Waals surface area contributed by atoms with Crippen LogP contribution in [0.4, 0.5) is 17.1 Å². The Morgan fingerprint density at radius 1 is 1.05 bits per heavy atom. The second kappa shape index (κ2) is 5.38. The topological polar surface area (TPSA) is 75.4 Å². The number of nitrogen functional groups attached to an aromatic ring is 1. The van der Waals surface area contributed by atoms with E-state index in [1.165, 1.54) is 6.07 Å². The third-order valence-corrected chi connectivity index (χ3v) is 3.17. The van der Waals surface area contributed by atoms with Gasteiger partial charge in [0.25, 0.3) is 0 Å². The van der Waals surface area contributed by atoms with Crippen molar-refractivity contribution in [1.82, 2.24) is 0 Å². The van der Waals surface area contributed by atoms with Gasteiger partial charge in [0, 0.05) is 0 Å². The highest BCUT2D eigenvalue weighted by atomic mass is 35.5. The number of aromatic carboxylic acids is 1. The fourth-order valence-electron chi connectivity index (χ4n) is 1.63. The minimum absolute atomic E-state index is 0.0518. The van der Waals surface area contributed by atoms with Gasteiger partial charge in [0.2, 0.25) is 0 Å². The molecule has 0 saturated heterocycles. The van der Waals surface area contributed by atoms with Gasteiger partial charge in [0.05, 0.1) is 32.7 Å². The monoisotopic (exact) mass is 296 g/mol. The Morgan fingerprint density at radius 2 is 1.63 bits per heavy atom. The van der Waals surface area contributed by atoms with Crippen LogP contribution in [0.3, 0.4) is 0 Å². The predicted octanol–water partition coefficient (Wildman–Crippen LogP) is 4.02. The maximum Gasteiger partial charge on any atom is 0.337 e. The van der Waals surface area contributed by atoms with E-state index in [1.807, 2.05) is 0 Å². The standard InChI is InChI=1S/C13H10Cl2N2O2/c14-8-4-2-5-9(15)12(8)17-11-7(13(18)19)3-1-6-10(11)16/h1-6,17H,16H2,(H,18,19). The minimum atomic E-state index is -1.09. The van der Waals surface area contributed by atoms with Crippen molar-refractivity contribution in [3.05, 3.63) is 52.0 Å². The highest BCUT2D eigenvalue weighted by Gasteiger charge is 2.15.